The molecule has 126 valence electrons. The molecule has 0 amide bonds. The molecule has 0 radical (unpaired) electrons. The number of hydrogen-bond acceptors (Lipinski definition) is 4. The van der Waals surface area contributed by atoms with E-state index in [1.165, 1.54) is 0 Å². The number of nitrogens with one attached hydrogen (secondary N) is 1. The summed E-state index contributed by atoms with van der Waals surface area (Å²) >= 11 is 12.4. The molecule has 1 aromatic heterocycles. The van der Waals surface area contributed by atoms with E-state index in [0.29, 0.717) is 39.3 Å². The fourth-order valence-electron chi connectivity index (χ4n) is 3.16. The van der Waals surface area contributed by atoms with E-state index < -0.39 is 0 Å². The molecule has 0 spiro atoms. The lowest BCUT2D eigenvalue weighted by molar-refractivity contribution is 0.0574. The Hall–Kier alpha value is -1.01. The molecule has 3 rings (SSSR count). The molecule has 1 fully saturated rings. The first-order chi connectivity index (χ1) is 11.1. The smallest absolute Gasteiger partial charge is 0.167 e. The highest BCUT2D eigenvalue weighted by Crippen LogP contribution is 2.38. The molecule has 1 saturated carbocycles. The lowest BCUT2D eigenvalue weighted by atomic mass is 9.85. The second-order valence-corrected chi connectivity index (χ2v) is 6.77. The largest absolute Gasteiger partial charge is 0.490 e. The van der Waals surface area contributed by atoms with Gasteiger partial charge in [0.05, 0.1) is 23.3 Å². The molecule has 1 heterocycles. The fraction of sp³-hybridized carbons (Fsp3) is 0.562. The van der Waals surface area contributed by atoms with Crippen LogP contribution in [-0.4, -0.2) is 32.9 Å². The highest BCUT2D eigenvalue weighted by molar-refractivity contribution is 6.44. The second-order valence-electron chi connectivity index (χ2n) is 5.99. The normalized spacial score (nSPS) is 21.7. The lowest BCUT2D eigenvalue weighted by Crippen LogP contribution is -2.26. The minimum Gasteiger partial charge on any atom is -0.490 e. The van der Waals surface area contributed by atoms with Crippen LogP contribution in [-0.2, 0) is 6.61 Å². The third-order valence-corrected chi connectivity index (χ3v) is 5.20. The van der Waals surface area contributed by atoms with E-state index in [0.717, 1.165) is 32.1 Å². The fourth-order valence-corrected chi connectivity index (χ4v) is 3.56. The summed E-state index contributed by atoms with van der Waals surface area (Å²) in [7, 11) is 0. The number of aromatic nitrogens is 2. The van der Waals surface area contributed by atoms with Crippen LogP contribution in [0.2, 0.25) is 10.0 Å². The molecule has 1 aromatic carbocycles. The zero-order chi connectivity index (χ0) is 16.4. The SMILES string of the molecule is OCc1nc2c(OCC[C@H]3CCCC[C@@H]3O)c(Cl)c(Cl)cc2[nH]1. The van der Waals surface area contributed by atoms with Crippen LogP contribution < -0.4 is 4.74 Å². The molecule has 23 heavy (non-hydrogen) atoms. The van der Waals surface area contributed by atoms with Gasteiger partial charge in [0, 0.05) is 0 Å². The number of benzene rings is 1. The molecule has 0 bridgehead atoms. The number of aliphatic hydroxyl groups is 2. The van der Waals surface area contributed by atoms with Crippen molar-refractivity contribution in [3.05, 3.63) is 21.9 Å². The summed E-state index contributed by atoms with van der Waals surface area (Å²) in [6.07, 6.45) is 4.67. The summed E-state index contributed by atoms with van der Waals surface area (Å²) in [6, 6.07) is 1.67. The van der Waals surface area contributed by atoms with Crippen molar-refractivity contribution < 1.29 is 14.9 Å². The first kappa shape index (κ1) is 16.8. The zero-order valence-corrected chi connectivity index (χ0v) is 14.2. The highest BCUT2D eigenvalue weighted by Gasteiger charge is 2.23. The van der Waals surface area contributed by atoms with Crippen LogP contribution in [0.25, 0.3) is 11.0 Å². The Balaban J connectivity index is 1.76. The minimum absolute atomic E-state index is 0.197. The number of imidazole rings is 1. The molecule has 0 aliphatic heterocycles. The number of ether oxygens (including phenoxy) is 1. The number of hydrogen-bond donors (Lipinski definition) is 3. The number of rotatable bonds is 5. The minimum atomic E-state index is -0.242. The Morgan fingerprint density at radius 3 is 2.83 bits per heavy atom. The molecule has 1 aliphatic carbocycles. The number of aliphatic hydroxyl groups excluding tert-OH is 2. The Morgan fingerprint density at radius 1 is 1.30 bits per heavy atom. The maximum absolute atomic E-state index is 10.0. The molecule has 0 saturated heterocycles. The Kier molecular flexibility index (Phi) is 5.31. The number of fused-ring (bicyclic) bond motifs is 1. The molecule has 0 unspecified atom stereocenters. The van der Waals surface area contributed by atoms with Crippen molar-refractivity contribution >= 4 is 34.2 Å². The van der Waals surface area contributed by atoms with Gasteiger partial charge >= 0.3 is 0 Å². The molecular formula is C16H20Cl2N2O3. The van der Waals surface area contributed by atoms with Crippen molar-refractivity contribution in [3.8, 4) is 5.75 Å². The zero-order valence-electron chi connectivity index (χ0n) is 12.7. The van der Waals surface area contributed by atoms with Crippen LogP contribution in [0.1, 0.15) is 37.9 Å². The third kappa shape index (κ3) is 3.58. The van der Waals surface area contributed by atoms with Gasteiger partial charge in [0.2, 0.25) is 0 Å². The summed E-state index contributed by atoms with van der Waals surface area (Å²) < 4.78 is 5.85. The molecule has 1 aliphatic rings. The van der Waals surface area contributed by atoms with Crippen molar-refractivity contribution in [1.82, 2.24) is 9.97 Å². The summed E-state index contributed by atoms with van der Waals surface area (Å²) in [5.41, 5.74) is 1.24. The Labute approximate surface area is 144 Å². The first-order valence-corrected chi connectivity index (χ1v) is 8.64. The maximum atomic E-state index is 10.0. The van der Waals surface area contributed by atoms with Gasteiger partial charge in [-0.1, -0.05) is 36.0 Å². The van der Waals surface area contributed by atoms with Crippen molar-refractivity contribution in [3.63, 3.8) is 0 Å². The summed E-state index contributed by atoms with van der Waals surface area (Å²) in [6.45, 7) is 0.246. The van der Waals surface area contributed by atoms with Gasteiger partial charge in [-0.05, 0) is 31.2 Å². The molecule has 3 N–H and O–H groups in total. The van der Waals surface area contributed by atoms with Crippen LogP contribution in [0, 0.1) is 5.92 Å². The predicted molar refractivity (Wildman–Crippen MR) is 90.1 cm³/mol. The Bertz CT molecular complexity index is 690. The van der Waals surface area contributed by atoms with Gasteiger partial charge in [-0.3, -0.25) is 0 Å². The van der Waals surface area contributed by atoms with E-state index >= 15 is 0 Å². The maximum Gasteiger partial charge on any atom is 0.167 e. The quantitative estimate of drug-likeness (QED) is 0.761. The molecule has 2 atom stereocenters. The van der Waals surface area contributed by atoms with Gasteiger partial charge in [0.15, 0.2) is 5.75 Å². The average Bonchev–Trinajstić information content (AvgIpc) is 2.95. The predicted octanol–water partition coefficient (Wildman–Crippen LogP) is 3.68. The van der Waals surface area contributed by atoms with E-state index in [4.69, 9.17) is 27.9 Å². The standard InChI is InChI=1S/C16H20Cl2N2O3/c17-10-7-11-15(20-13(8-21)19-11)16(14(10)18)23-6-5-9-3-1-2-4-12(9)22/h7,9,12,21-22H,1-6,8H2,(H,19,20)/t9-,12+/m1/s1. The number of halogens is 2. The molecule has 2 aromatic rings. The third-order valence-electron chi connectivity index (χ3n) is 4.43. The van der Waals surface area contributed by atoms with Crippen LogP contribution in [0.15, 0.2) is 6.07 Å². The summed E-state index contributed by atoms with van der Waals surface area (Å²) in [4.78, 5) is 7.27. The van der Waals surface area contributed by atoms with E-state index in [-0.39, 0.29) is 18.6 Å². The molecule has 7 heteroatoms. The lowest BCUT2D eigenvalue weighted by Gasteiger charge is -2.27. The molecule has 5 nitrogen and oxygen atoms in total. The van der Waals surface area contributed by atoms with Crippen LogP contribution >= 0.6 is 23.2 Å². The van der Waals surface area contributed by atoms with E-state index in [2.05, 4.69) is 9.97 Å². The van der Waals surface area contributed by atoms with Gasteiger partial charge in [0.1, 0.15) is 23.0 Å². The van der Waals surface area contributed by atoms with Crippen molar-refractivity contribution in [1.29, 1.82) is 0 Å². The van der Waals surface area contributed by atoms with E-state index in [9.17, 15) is 10.2 Å². The molecular weight excluding hydrogens is 339 g/mol. The van der Waals surface area contributed by atoms with Crippen LogP contribution in [0.3, 0.4) is 0 Å². The van der Waals surface area contributed by atoms with Crippen LogP contribution in [0.5, 0.6) is 5.75 Å². The Morgan fingerprint density at radius 2 is 2.09 bits per heavy atom. The second kappa shape index (κ2) is 7.26. The topological polar surface area (TPSA) is 78.4 Å². The number of aromatic amines is 1. The monoisotopic (exact) mass is 358 g/mol. The van der Waals surface area contributed by atoms with Gasteiger partial charge in [-0.15, -0.1) is 0 Å². The summed E-state index contributed by atoms with van der Waals surface area (Å²) in [5, 5.41) is 19.9. The number of H-pyrrole nitrogens is 1. The van der Waals surface area contributed by atoms with Crippen molar-refractivity contribution in [2.45, 2.75) is 44.8 Å². The average molecular weight is 359 g/mol. The summed E-state index contributed by atoms with van der Waals surface area (Å²) in [5.74, 6) is 1.13. The number of nitrogens with zero attached hydrogens (tertiary/aromatic N) is 1. The van der Waals surface area contributed by atoms with E-state index in [1.54, 1.807) is 6.07 Å². The van der Waals surface area contributed by atoms with Gasteiger partial charge < -0.3 is 19.9 Å². The van der Waals surface area contributed by atoms with Gasteiger partial charge in [-0.2, -0.15) is 0 Å². The van der Waals surface area contributed by atoms with Crippen LogP contribution in [0.4, 0.5) is 0 Å². The highest BCUT2D eigenvalue weighted by atomic mass is 35.5. The van der Waals surface area contributed by atoms with Gasteiger partial charge in [0.25, 0.3) is 0 Å². The van der Waals surface area contributed by atoms with Crippen molar-refractivity contribution in [2.75, 3.05) is 6.61 Å². The first-order valence-electron chi connectivity index (χ1n) is 7.88. The van der Waals surface area contributed by atoms with Crippen molar-refractivity contribution in [2.24, 2.45) is 5.92 Å². The van der Waals surface area contributed by atoms with E-state index in [1.807, 2.05) is 0 Å². The van der Waals surface area contributed by atoms with Gasteiger partial charge in [-0.25, -0.2) is 4.98 Å².